The van der Waals surface area contributed by atoms with E-state index in [1.54, 1.807) is 0 Å². The molecule has 2 fully saturated rings. The molecule has 180 valence electrons. The number of amides is 1. The van der Waals surface area contributed by atoms with Crippen LogP contribution in [0.5, 0.6) is 0 Å². The molecule has 3 rings (SSSR count). The number of hydrogen-bond donors (Lipinski definition) is 7. The molecule has 0 spiro atoms. The predicted octanol–water partition coefficient (Wildman–Crippen LogP) is -2.45. The molecule has 0 bridgehead atoms. The molecular weight excluding hydrogens is 446 g/mol. The zero-order chi connectivity index (χ0) is 23.4. The molecule has 0 aromatic heterocycles. The lowest BCUT2D eigenvalue weighted by molar-refractivity contribution is -0.329. The number of hydrogen-bond acceptors (Lipinski definition) is 11. The second-order valence-corrected chi connectivity index (χ2v) is 8.84. The molecule has 0 aliphatic carbocycles. The van der Waals surface area contributed by atoms with E-state index in [0.717, 1.165) is 4.90 Å². The Morgan fingerprint density at radius 2 is 1.59 bits per heavy atom. The molecule has 32 heavy (non-hydrogen) atoms. The summed E-state index contributed by atoms with van der Waals surface area (Å²) in [4.78, 5) is 12.7. The van der Waals surface area contributed by atoms with Gasteiger partial charge in [-0.15, -0.1) is 0 Å². The van der Waals surface area contributed by atoms with Crippen LogP contribution in [0.25, 0.3) is 0 Å². The van der Waals surface area contributed by atoms with Crippen molar-refractivity contribution >= 4 is 17.7 Å². The molecule has 2 aliphatic rings. The molecule has 0 unspecified atom stereocenters. The molecule has 1 aromatic rings. The van der Waals surface area contributed by atoms with Crippen LogP contribution in [0.2, 0.25) is 0 Å². The Kier molecular flexibility index (Phi) is 8.86. The maximum atomic E-state index is 11.9. The van der Waals surface area contributed by atoms with Gasteiger partial charge in [-0.05, 0) is 12.1 Å². The summed E-state index contributed by atoms with van der Waals surface area (Å²) >= 11 is 1.24. The average molecular weight is 476 g/mol. The lowest BCUT2D eigenvalue weighted by Gasteiger charge is -2.47. The van der Waals surface area contributed by atoms with Crippen molar-refractivity contribution < 1.29 is 49.6 Å². The molecule has 1 aromatic carbocycles. The largest absolute Gasteiger partial charge is 0.394 e. The van der Waals surface area contributed by atoms with Crippen molar-refractivity contribution in [2.75, 3.05) is 13.2 Å². The van der Waals surface area contributed by atoms with Gasteiger partial charge < -0.3 is 50.2 Å². The molecule has 10 atom stereocenters. The van der Waals surface area contributed by atoms with Gasteiger partial charge in [-0.1, -0.05) is 30.0 Å². The van der Waals surface area contributed by atoms with Gasteiger partial charge in [0.2, 0.25) is 5.91 Å². The highest BCUT2D eigenvalue weighted by atomic mass is 32.2. The van der Waals surface area contributed by atoms with E-state index in [9.17, 15) is 35.4 Å². The summed E-state index contributed by atoms with van der Waals surface area (Å²) in [7, 11) is 0. The van der Waals surface area contributed by atoms with Gasteiger partial charge >= 0.3 is 0 Å². The normalized spacial score (nSPS) is 40.1. The van der Waals surface area contributed by atoms with E-state index < -0.39 is 79.6 Å². The first kappa shape index (κ1) is 25.3. The highest BCUT2D eigenvalue weighted by molar-refractivity contribution is 7.99. The quantitative estimate of drug-likeness (QED) is 0.223. The smallest absolute Gasteiger partial charge is 0.217 e. The van der Waals surface area contributed by atoms with Crippen molar-refractivity contribution in [2.24, 2.45) is 0 Å². The number of carbonyl (C=O) groups is 1. The summed E-state index contributed by atoms with van der Waals surface area (Å²) in [6.45, 7) is 0.0794. The number of aliphatic hydroxyl groups excluding tert-OH is 6. The van der Waals surface area contributed by atoms with Gasteiger partial charge in [0.05, 0.1) is 19.3 Å². The fourth-order valence-electron chi connectivity index (χ4n) is 3.69. The standard InChI is InChI=1S/C20H29NO10S/c1-9(24)21-13-18(31-19-17(28)16(27)14(25)11(7-22)29-19)15(26)12(8-23)30-20(13)32-10-5-3-2-4-6-10/h2-6,11-20,22-23,25-28H,7-8H2,1H3,(H,21,24)/t11-,12-,13-,14+,15-,16+,17-,18-,19+,20+/m1/s1. The lowest BCUT2D eigenvalue weighted by atomic mass is 9.96. The summed E-state index contributed by atoms with van der Waals surface area (Å²) in [6, 6.07) is 8.18. The van der Waals surface area contributed by atoms with Crippen molar-refractivity contribution in [3.63, 3.8) is 0 Å². The minimum absolute atomic E-state index is 0.436. The number of rotatable bonds is 7. The zero-order valence-electron chi connectivity index (χ0n) is 17.3. The fraction of sp³-hybridized carbons (Fsp3) is 0.650. The molecule has 2 heterocycles. The van der Waals surface area contributed by atoms with Crippen LogP contribution in [0.15, 0.2) is 35.2 Å². The van der Waals surface area contributed by atoms with Crippen molar-refractivity contribution in [3.8, 4) is 0 Å². The summed E-state index contributed by atoms with van der Waals surface area (Å²) in [5.41, 5.74) is -0.795. The number of aliphatic hydroxyl groups is 6. The third kappa shape index (κ3) is 5.59. The van der Waals surface area contributed by atoms with Gasteiger partial charge in [-0.2, -0.15) is 0 Å². The first-order valence-corrected chi connectivity index (χ1v) is 11.0. The van der Waals surface area contributed by atoms with Crippen molar-refractivity contribution in [2.45, 2.75) is 72.3 Å². The van der Waals surface area contributed by atoms with Gasteiger partial charge in [-0.25, -0.2) is 0 Å². The lowest BCUT2D eigenvalue weighted by Crippen LogP contribution is -2.67. The van der Waals surface area contributed by atoms with Crippen molar-refractivity contribution in [3.05, 3.63) is 30.3 Å². The second kappa shape index (κ2) is 11.2. The van der Waals surface area contributed by atoms with Crippen LogP contribution in [0.4, 0.5) is 0 Å². The summed E-state index contributed by atoms with van der Waals surface area (Å²) in [5.74, 6) is -0.436. The second-order valence-electron chi connectivity index (χ2n) is 7.67. The van der Waals surface area contributed by atoms with Crippen LogP contribution in [0, 0.1) is 0 Å². The van der Waals surface area contributed by atoms with Crippen molar-refractivity contribution in [1.82, 2.24) is 5.32 Å². The Labute approximate surface area is 188 Å². The number of carbonyl (C=O) groups excluding carboxylic acids is 1. The number of thioether (sulfide) groups is 1. The van der Waals surface area contributed by atoms with Crippen LogP contribution in [-0.4, -0.2) is 110 Å². The van der Waals surface area contributed by atoms with Crippen LogP contribution in [0.1, 0.15) is 6.92 Å². The monoisotopic (exact) mass is 475 g/mol. The first-order chi connectivity index (χ1) is 15.3. The van der Waals surface area contributed by atoms with E-state index in [0.29, 0.717) is 0 Å². The minimum Gasteiger partial charge on any atom is -0.394 e. The van der Waals surface area contributed by atoms with Gasteiger partial charge in [0.25, 0.3) is 0 Å². The van der Waals surface area contributed by atoms with Gasteiger partial charge in [0.15, 0.2) is 6.29 Å². The summed E-state index contributed by atoms with van der Waals surface area (Å²) in [5, 5.41) is 62.9. The molecule has 2 saturated heterocycles. The predicted molar refractivity (Wildman–Crippen MR) is 110 cm³/mol. The summed E-state index contributed by atoms with van der Waals surface area (Å²) in [6.07, 6.45) is -11.4. The maximum absolute atomic E-state index is 11.9. The Balaban J connectivity index is 1.87. The molecule has 2 aliphatic heterocycles. The Morgan fingerprint density at radius 3 is 2.19 bits per heavy atom. The third-order valence-corrected chi connectivity index (χ3v) is 6.54. The maximum Gasteiger partial charge on any atom is 0.217 e. The Hall–Kier alpha value is -1.32. The number of ether oxygens (including phenoxy) is 3. The zero-order valence-corrected chi connectivity index (χ0v) is 18.1. The van der Waals surface area contributed by atoms with E-state index in [2.05, 4.69) is 5.32 Å². The van der Waals surface area contributed by atoms with Crippen LogP contribution in [0.3, 0.4) is 0 Å². The first-order valence-electron chi connectivity index (χ1n) is 10.2. The van der Waals surface area contributed by atoms with Crippen LogP contribution >= 0.6 is 11.8 Å². The van der Waals surface area contributed by atoms with E-state index in [1.165, 1.54) is 18.7 Å². The molecular formula is C20H29NO10S. The van der Waals surface area contributed by atoms with E-state index in [-0.39, 0.29) is 0 Å². The molecule has 7 N–H and O–H groups in total. The van der Waals surface area contributed by atoms with Crippen LogP contribution in [-0.2, 0) is 19.0 Å². The highest BCUT2D eigenvalue weighted by Gasteiger charge is 2.51. The Morgan fingerprint density at radius 1 is 0.969 bits per heavy atom. The van der Waals surface area contributed by atoms with Gasteiger partial charge in [0, 0.05) is 11.8 Å². The third-order valence-electron chi connectivity index (χ3n) is 5.36. The fourth-order valence-corrected chi connectivity index (χ4v) is 4.84. The minimum atomic E-state index is -1.70. The Bertz CT molecular complexity index is 740. The summed E-state index contributed by atoms with van der Waals surface area (Å²) < 4.78 is 17.0. The molecule has 0 saturated carbocycles. The van der Waals surface area contributed by atoms with Gasteiger partial charge in [0.1, 0.15) is 48.2 Å². The number of benzene rings is 1. The molecule has 12 heteroatoms. The number of nitrogens with one attached hydrogen (secondary N) is 1. The van der Waals surface area contributed by atoms with E-state index in [4.69, 9.17) is 14.2 Å². The van der Waals surface area contributed by atoms with Gasteiger partial charge in [-0.3, -0.25) is 4.79 Å². The van der Waals surface area contributed by atoms with Crippen LogP contribution < -0.4 is 5.32 Å². The van der Waals surface area contributed by atoms with Crippen molar-refractivity contribution in [1.29, 1.82) is 0 Å². The molecule has 0 radical (unpaired) electrons. The molecule has 1 amide bonds. The van der Waals surface area contributed by atoms with E-state index >= 15 is 0 Å². The SMILES string of the molecule is CC(=O)N[C@@H]1[C@@H](O[C@@H]2O[C@H](CO)[C@H](O)[C@H](O)[C@H]2O)[C@H](O)[C@@H](CO)O[C@H]1Sc1ccccc1. The highest BCUT2D eigenvalue weighted by Crippen LogP contribution is 2.36. The average Bonchev–Trinajstić information content (AvgIpc) is 2.78. The molecule has 11 nitrogen and oxygen atoms in total. The topological polar surface area (TPSA) is 178 Å². The van der Waals surface area contributed by atoms with E-state index in [1.807, 2.05) is 30.3 Å².